The molecule has 0 aromatic carbocycles. The lowest BCUT2D eigenvalue weighted by Crippen LogP contribution is -2.51. The molecule has 16 heavy (non-hydrogen) atoms. The first-order valence-corrected chi connectivity index (χ1v) is 5.71. The minimum atomic E-state index is -0.591. The number of esters is 1. The third-order valence-corrected chi connectivity index (χ3v) is 2.96. The standard InChI is InChI=1S/C11H20N2O3/c1-8-6-4-5-7-13(8)11(15)12-9(2)10(14)16-3/h8-9H,4-7H2,1-3H3,(H,12,15)/t8-,9-/m0/s1. The van der Waals surface area contributed by atoms with Gasteiger partial charge in [0.2, 0.25) is 0 Å². The Balaban J connectivity index is 2.47. The predicted molar refractivity (Wildman–Crippen MR) is 60.0 cm³/mol. The Morgan fingerprint density at radius 2 is 2.12 bits per heavy atom. The van der Waals surface area contributed by atoms with Gasteiger partial charge in [-0.1, -0.05) is 0 Å². The zero-order valence-corrected chi connectivity index (χ0v) is 10.2. The molecule has 0 unspecified atom stereocenters. The van der Waals surface area contributed by atoms with Gasteiger partial charge in [0.15, 0.2) is 0 Å². The molecule has 1 rings (SSSR count). The highest BCUT2D eigenvalue weighted by molar-refractivity contribution is 5.83. The zero-order chi connectivity index (χ0) is 12.1. The van der Waals surface area contributed by atoms with E-state index in [0.717, 1.165) is 25.8 Å². The third-order valence-electron chi connectivity index (χ3n) is 2.96. The van der Waals surface area contributed by atoms with Crippen molar-refractivity contribution in [3.8, 4) is 0 Å². The predicted octanol–water partition coefficient (Wildman–Crippen LogP) is 1.13. The van der Waals surface area contributed by atoms with Crippen molar-refractivity contribution in [3.63, 3.8) is 0 Å². The van der Waals surface area contributed by atoms with Gasteiger partial charge in [0.1, 0.15) is 6.04 Å². The van der Waals surface area contributed by atoms with Crippen molar-refractivity contribution in [1.82, 2.24) is 10.2 Å². The molecule has 1 heterocycles. The van der Waals surface area contributed by atoms with Crippen LogP contribution in [0, 0.1) is 0 Å². The van der Waals surface area contributed by atoms with Crippen LogP contribution in [0.5, 0.6) is 0 Å². The minimum Gasteiger partial charge on any atom is -0.467 e. The summed E-state index contributed by atoms with van der Waals surface area (Å²) >= 11 is 0. The second-order valence-corrected chi connectivity index (χ2v) is 4.23. The second-order valence-electron chi connectivity index (χ2n) is 4.23. The molecular formula is C11H20N2O3. The summed E-state index contributed by atoms with van der Waals surface area (Å²) in [4.78, 5) is 24.8. The molecule has 0 bridgehead atoms. The summed E-state index contributed by atoms with van der Waals surface area (Å²) in [6.07, 6.45) is 3.22. The van der Waals surface area contributed by atoms with Gasteiger partial charge in [-0.2, -0.15) is 0 Å². The molecule has 1 saturated heterocycles. The number of ether oxygens (including phenoxy) is 1. The molecule has 5 nitrogen and oxygen atoms in total. The van der Waals surface area contributed by atoms with E-state index in [4.69, 9.17) is 0 Å². The first-order chi connectivity index (χ1) is 7.56. The molecule has 0 aromatic rings. The number of nitrogens with one attached hydrogen (secondary N) is 1. The van der Waals surface area contributed by atoms with Gasteiger partial charge in [-0.3, -0.25) is 0 Å². The van der Waals surface area contributed by atoms with Gasteiger partial charge in [-0.25, -0.2) is 9.59 Å². The molecule has 0 aromatic heterocycles. The van der Waals surface area contributed by atoms with Crippen LogP contribution in [0.4, 0.5) is 4.79 Å². The van der Waals surface area contributed by atoms with Gasteiger partial charge in [0.05, 0.1) is 7.11 Å². The van der Waals surface area contributed by atoms with Crippen molar-refractivity contribution in [3.05, 3.63) is 0 Å². The number of hydrogen-bond acceptors (Lipinski definition) is 3. The van der Waals surface area contributed by atoms with Crippen LogP contribution in [0.25, 0.3) is 0 Å². The van der Waals surface area contributed by atoms with Crippen molar-refractivity contribution < 1.29 is 14.3 Å². The van der Waals surface area contributed by atoms with Crippen LogP contribution in [0.15, 0.2) is 0 Å². The summed E-state index contributed by atoms with van der Waals surface area (Å²) in [5, 5.41) is 2.64. The highest BCUT2D eigenvalue weighted by Crippen LogP contribution is 2.16. The Morgan fingerprint density at radius 3 is 2.69 bits per heavy atom. The molecular weight excluding hydrogens is 208 g/mol. The lowest BCUT2D eigenvalue weighted by atomic mass is 10.0. The van der Waals surface area contributed by atoms with Crippen molar-refractivity contribution in [2.24, 2.45) is 0 Å². The fraction of sp³-hybridized carbons (Fsp3) is 0.818. The molecule has 0 aliphatic carbocycles. The number of amides is 2. The van der Waals surface area contributed by atoms with E-state index in [2.05, 4.69) is 10.1 Å². The summed E-state index contributed by atoms with van der Waals surface area (Å²) in [7, 11) is 1.31. The molecule has 0 saturated carbocycles. The van der Waals surface area contributed by atoms with E-state index in [9.17, 15) is 9.59 Å². The molecule has 92 valence electrons. The van der Waals surface area contributed by atoms with Gasteiger partial charge in [0, 0.05) is 12.6 Å². The fourth-order valence-electron chi connectivity index (χ4n) is 1.90. The smallest absolute Gasteiger partial charge is 0.328 e. The number of likely N-dealkylation sites (tertiary alicyclic amines) is 1. The van der Waals surface area contributed by atoms with Crippen molar-refractivity contribution >= 4 is 12.0 Å². The van der Waals surface area contributed by atoms with E-state index in [1.165, 1.54) is 7.11 Å². The number of urea groups is 1. The molecule has 2 amide bonds. The number of methoxy groups -OCH3 is 1. The topological polar surface area (TPSA) is 58.6 Å². The van der Waals surface area contributed by atoms with Crippen LogP contribution in [0.3, 0.4) is 0 Å². The van der Waals surface area contributed by atoms with Crippen molar-refractivity contribution in [2.45, 2.75) is 45.2 Å². The molecule has 2 atom stereocenters. The Bertz CT molecular complexity index is 268. The van der Waals surface area contributed by atoms with Crippen LogP contribution >= 0.6 is 0 Å². The van der Waals surface area contributed by atoms with Crippen LogP contribution in [0.2, 0.25) is 0 Å². The lowest BCUT2D eigenvalue weighted by Gasteiger charge is -2.33. The van der Waals surface area contributed by atoms with Crippen molar-refractivity contribution in [2.75, 3.05) is 13.7 Å². The van der Waals surface area contributed by atoms with Gasteiger partial charge < -0.3 is 15.0 Å². The first kappa shape index (κ1) is 12.8. The van der Waals surface area contributed by atoms with E-state index in [-0.39, 0.29) is 12.1 Å². The quantitative estimate of drug-likeness (QED) is 0.721. The molecule has 5 heteroatoms. The number of carbonyl (C=O) groups is 2. The number of hydrogen-bond donors (Lipinski definition) is 1. The highest BCUT2D eigenvalue weighted by atomic mass is 16.5. The average molecular weight is 228 g/mol. The van der Waals surface area contributed by atoms with Crippen LogP contribution in [-0.4, -0.2) is 42.6 Å². The number of piperidine rings is 1. The summed E-state index contributed by atoms with van der Waals surface area (Å²) in [6.45, 7) is 4.42. The summed E-state index contributed by atoms with van der Waals surface area (Å²) in [5.41, 5.74) is 0. The maximum atomic E-state index is 11.8. The maximum absolute atomic E-state index is 11.8. The van der Waals surface area contributed by atoms with Gasteiger partial charge in [0.25, 0.3) is 0 Å². The molecule has 0 radical (unpaired) electrons. The van der Waals surface area contributed by atoms with E-state index in [0.29, 0.717) is 0 Å². The number of rotatable bonds is 2. The number of nitrogens with zero attached hydrogens (tertiary/aromatic N) is 1. The van der Waals surface area contributed by atoms with E-state index in [1.54, 1.807) is 11.8 Å². The molecule has 0 spiro atoms. The largest absolute Gasteiger partial charge is 0.467 e. The van der Waals surface area contributed by atoms with Crippen LogP contribution < -0.4 is 5.32 Å². The van der Waals surface area contributed by atoms with Crippen LogP contribution in [-0.2, 0) is 9.53 Å². The summed E-state index contributed by atoms with van der Waals surface area (Å²) in [5.74, 6) is -0.419. The van der Waals surface area contributed by atoms with Crippen LogP contribution in [0.1, 0.15) is 33.1 Å². The van der Waals surface area contributed by atoms with Crippen molar-refractivity contribution in [1.29, 1.82) is 0 Å². The minimum absolute atomic E-state index is 0.176. The monoisotopic (exact) mass is 228 g/mol. The Hall–Kier alpha value is -1.26. The Kier molecular flexibility index (Phi) is 4.58. The van der Waals surface area contributed by atoms with Gasteiger partial charge in [-0.15, -0.1) is 0 Å². The molecule has 1 aliphatic heterocycles. The normalized spacial score (nSPS) is 22.4. The lowest BCUT2D eigenvalue weighted by molar-refractivity contribution is -0.142. The fourth-order valence-corrected chi connectivity index (χ4v) is 1.90. The maximum Gasteiger partial charge on any atom is 0.328 e. The first-order valence-electron chi connectivity index (χ1n) is 5.71. The molecule has 1 N–H and O–H groups in total. The van der Waals surface area contributed by atoms with E-state index < -0.39 is 12.0 Å². The van der Waals surface area contributed by atoms with Gasteiger partial charge >= 0.3 is 12.0 Å². The second kappa shape index (κ2) is 5.72. The summed E-state index contributed by atoms with van der Waals surface area (Å²) < 4.78 is 4.55. The molecule has 1 fully saturated rings. The summed E-state index contributed by atoms with van der Waals surface area (Å²) in [6, 6.07) is -0.518. The Labute approximate surface area is 96.1 Å². The average Bonchev–Trinajstić information content (AvgIpc) is 2.28. The highest BCUT2D eigenvalue weighted by Gasteiger charge is 2.25. The number of carbonyl (C=O) groups excluding carboxylic acids is 2. The molecule has 1 aliphatic rings. The van der Waals surface area contributed by atoms with E-state index >= 15 is 0 Å². The Morgan fingerprint density at radius 1 is 1.44 bits per heavy atom. The van der Waals surface area contributed by atoms with Gasteiger partial charge in [-0.05, 0) is 33.1 Å². The van der Waals surface area contributed by atoms with E-state index in [1.807, 2.05) is 6.92 Å². The SMILES string of the molecule is COC(=O)[C@H](C)NC(=O)N1CCCC[C@@H]1C. The zero-order valence-electron chi connectivity index (χ0n) is 10.2. The third kappa shape index (κ3) is 3.12.